The van der Waals surface area contributed by atoms with Crippen molar-refractivity contribution in [1.82, 2.24) is 0 Å². The van der Waals surface area contributed by atoms with Gasteiger partial charge in [0.25, 0.3) is 0 Å². The lowest BCUT2D eigenvalue weighted by molar-refractivity contribution is -0.770. The standard InChI is InChI=1S/C34H30NO9/c1-22-18-19-26(31(36)40-2)20-35(22)30-29(44-34(39)25-16-10-5-11-17-25)28(43-33(38)24-14-8-4-9-15-24)27(42-30)21-41-32(37)23-12-6-3-7-13-23/h3-20,27-30H,21H2,1-2H3/q+1/t27-,28+,29-,30+/m0/s1. The molecule has 0 radical (unpaired) electrons. The molecule has 5 rings (SSSR count). The molecule has 4 aromatic rings. The number of benzene rings is 3. The second kappa shape index (κ2) is 13.7. The van der Waals surface area contributed by atoms with Gasteiger partial charge in [0, 0.05) is 13.0 Å². The SMILES string of the molecule is COC(=O)c1ccc(C)[n+]([C@@H]2O[C@@H](COC(=O)c3ccccc3)[C@@H](OC(=O)c3ccccc3)[C@@H]2OC(=O)c2ccccc2)c1. The highest BCUT2D eigenvalue weighted by molar-refractivity contribution is 5.91. The van der Waals surface area contributed by atoms with Crippen molar-refractivity contribution in [2.24, 2.45) is 0 Å². The zero-order valence-electron chi connectivity index (χ0n) is 24.0. The number of esters is 4. The van der Waals surface area contributed by atoms with Gasteiger partial charge in [0.2, 0.25) is 6.10 Å². The van der Waals surface area contributed by atoms with Gasteiger partial charge in [0.05, 0.1) is 23.8 Å². The Kier molecular flexibility index (Phi) is 9.41. The number of carbonyl (C=O) groups is 4. The first-order valence-corrected chi connectivity index (χ1v) is 13.9. The summed E-state index contributed by atoms with van der Waals surface area (Å²) < 4.78 is 30.4. The van der Waals surface area contributed by atoms with Crippen molar-refractivity contribution in [3.05, 3.63) is 137 Å². The number of rotatable bonds is 9. The predicted molar refractivity (Wildman–Crippen MR) is 155 cm³/mol. The Hall–Kier alpha value is -5.35. The molecule has 4 atom stereocenters. The fourth-order valence-electron chi connectivity index (χ4n) is 4.79. The van der Waals surface area contributed by atoms with Crippen LogP contribution in [0.2, 0.25) is 0 Å². The normalized spacial score (nSPS) is 19.0. The van der Waals surface area contributed by atoms with Crippen molar-refractivity contribution in [3.63, 3.8) is 0 Å². The summed E-state index contributed by atoms with van der Waals surface area (Å²) in [7, 11) is 1.26. The summed E-state index contributed by atoms with van der Waals surface area (Å²) in [5.41, 5.74) is 1.71. The molecular weight excluding hydrogens is 566 g/mol. The van der Waals surface area contributed by atoms with Crippen LogP contribution in [-0.2, 0) is 23.7 Å². The number of aromatic nitrogens is 1. The number of carbonyl (C=O) groups excluding carboxylic acids is 4. The molecule has 0 spiro atoms. The lowest BCUT2D eigenvalue weighted by Crippen LogP contribution is -2.50. The Morgan fingerprint density at radius 1 is 0.636 bits per heavy atom. The minimum atomic E-state index is -1.22. The largest absolute Gasteiger partial charge is 0.465 e. The number of hydrogen-bond donors (Lipinski definition) is 0. The maximum absolute atomic E-state index is 13.4. The minimum Gasteiger partial charge on any atom is -0.465 e. The molecule has 0 N–H and O–H groups in total. The average molecular weight is 597 g/mol. The van der Waals surface area contributed by atoms with Crippen LogP contribution in [-0.4, -0.2) is 55.9 Å². The first-order chi connectivity index (χ1) is 21.4. The monoisotopic (exact) mass is 596 g/mol. The van der Waals surface area contributed by atoms with Crippen molar-refractivity contribution < 1.29 is 47.4 Å². The molecule has 10 nitrogen and oxygen atoms in total. The van der Waals surface area contributed by atoms with E-state index in [4.69, 9.17) is 23.7 Å². The molecule has 10 heteroatoms. The number of hydrogen-bond acceptors (Lipinski definition) is 9. The summed E-state index contributed by atoms with van der Waals surface area (Å²) in [6.45, 7) is 1.45. The quantitative estimate of drug-likeness (QED) is 0.159. The lowest BCUT2D eigenvalue weighted by Gasteiger charge is -2.23. The summed E-state index contributed by atoms with van der Waals surface area (Å²) in [6, 6.07) is 28.3. The molecule has 1 aliphatic rings. The Labute approximate surface area is 253 Å². The van der Waals surface area contributed by atoms with Crippen LogP contribution in [0, 0.1) is 6.92 Å². The molecule has 0 bridgehead atoms. The molecular formula is C34H30NO9+. The smallest absolute Gasteiger partial charge is 0.343 e. The van der Waals surface area contributed by atoms with Crippen LogP contribution in [0.3, 0.4) is 0 Å². The van der Waals surface area contributed by atoms with E-state index in [9.17, 15) is 19.2 Å². The molecule has 3 aromatic carbocycles. The molecule has 224 valence electrons. The third kappa shape index (κ3) is 6.82. The molecule has 0 unspecified atom stereocenters. The van der Waals surface area contributed by atoms with Crippen molar-refractivity contribution in [2.45, 2.75) is 31.5 Å². The van der Waals surface area contributed by atoms with Gasteiger partial charge in [-0.3, -0.25) is 0 Å². The van der Waals surface area contributed by atoms with E-state index in [1.54, 1.807) is 115 Å². The highest BCUT2D eigenvalue weighted by atomic mass is 16.7. The number of aryl methyl sites for hydroxylation is 1. The second-order valence-corrected chi connectivity index (χ2v) is 9.96. The number of methoxy groups -OCH3 is 1. The van der Waals surface area contributed by atoms with Gasteiger partial charge in [-0.2, -0.15) is 4.57 Å². The topological polar surface area (TPSA) is 118 Å². The average Bonchev–Trinajstić information content (AvgIpc) is 3.40. The van der Waals surface area contributed by atoms with E-state index in [1.807, 2.05) is 0 Å². The van der Waals surface area contributed by atoms with Crippen LogP contribution in [0.5, 0.6) is 0 Å². The number of nitrogens with zero attached hydrogens (tertiary/aromatic N) is 1. The van der Waals surface area contributed by atoms with Gasteiger partial charge in [-0.25, -0.2) is 19.2 Å². The minimum absolute atomic E-state index is 0.214. The second-order valence-electron chi connectivity index (χ2n) is 9.96. The fourth-order valence-corrected chi connectivity index (χ4v) is 4.79. The highest BCUT2D eigenvalue weighted by Gasteiger charge is 2.55. The summed E-state index contributed by atoms with van der Waals surface area (Å²) in [5, 5.41) is 0. The maximum Gasteiger partial charge on any atom is 0.343 e. The van der Waals surface area contributed by atoms with E-state index in [0.29, 0.717) is 11.3 Å². The van der Waals surface area contributed by atoms with Gasteiger partial charge >= 0.3 is 30.1 Å². The Bertz CT molecular complexity index is 1630. The summed E-state index contributed by atoms with van der Waals surface area (Å²) in [5.74, 6) is -2.57. The van der Waals surface area contributed by atoms with Crippen LogP contribution in [0.1, 0.15) is 53.4 Å². The van der Waals surface area contributed by atoms with Crippen molar-refractivity contribution >= 4 is 23.9 Å². The predicted octanol–water partition coefficient (Wildman–Crippen LogP) is 4.27. The molecule has 0 aliphatic carbocycles. The Morgan fingerprint density at radius 2 is 1.14 bits per heavy atom. The van der Waals surface area contributed by atoms with Crippen LogP contribution < -0.4 is 4.57 Å². The van der Waals surface area contributed by atoms with E-state index in [1.165, 1.54) is 13.3 Å². The Morgan fingerprint density at radius 3 is 1.66 bits per heavy atom. The number of pyridine rings is 1. The third-order valence-electron chi connectivity index (χ3n) is 7.06. The molecule has 1 aliphatic heterocycles. The zero-order chi connectivity index (χ0) is 31.1. The van der Waals surface area contributed by atoms with Crippen molar-refractivity contribution in [3.8, 4) is 0 Å². The van der Waals surface area contributed by atoms with Gasteiger partial charge < -0.3 is 23.7 Å². The van der Waals surface area contributed by atoms with Gasteiger partial charge in [-0.05, 0) is 42.5 Å². The molecule has 44 heavy (non-hydrogen) atoms. The lowest BCUT2D eigenvalue weighted by atomic mass is 10.1. The van der Waals surface area contributed by atoms with Gasteiger partial charge in [-0.15, -0.1) is 0 Å². The van der Waals surface area contributed by atoms with E-state index in [2.05, 4.69) is 0 Å². The number of ether oxygens (including phenoxy) is 5. The summed E-state index contributed by atoms with van der Waals surface area (Å²) >= 11 is 0. The van der Waals surface area contributed by atoms with Gasteiger partial charge in [0.1, 0.15) is 18.3 Å². The van der Waals surface area contributed by atoms with E-state index in [0.717, 1.165) is 0 Å². The zero-order valence-corrected chi connectivity index (χ0v) is 24.0. The molecule has 1 aromatic heterocycles. The van der Waals surface area contributed by atoms with E-state index < -0.39 is 48.4 Å². The van der Waals surface area contributed by atoms with E-state index >= 15 is 0 Å². The van der Waals surface area contributed by atoms with Crippen LogP contribution >= 0.6 is 0 Å². The first kappa shape index (κ1) is 30.1. The van der Waals surface area contributed by atoms with Crippen LogP contribution in [0.15, 0.2) is 109 Å². The molecule has 0 amide bonds. The summed E-state index contributed by atoms with van der Waals surface area (Å²) in [4.78, 5) is 51.9. The van der Waals surface area contributed by atoms with Crippen molar-refractivity contribution in [1.29, 1.82) is 0 Å². The maximum atomic E-state index is 13.4. The molecule has 2 heterocycles. The van der Waals surface area contributed by atoms with Gasteiger partial charge in [-0.1, -0.05) is 54.6 Å². The van der Waals surface area contributed by atoms with E-state index in [-0.39, 0.29) is 23.3 Å². The first-order valence-electron chi connectivity index (χ1n) is 13.9. The van der Waals surface area contributed by atoms with Crippen LogP contribution in [0.4, 0.5) is 0 Å². The van der Waals surface area contributed by atoms with Crippen molar-refractivity contribution in [2.75, 3.05) is 13.7 Å². The third-order valence-corrected chi connectivity index (χ3v) is 7.06. The molecule has 1 fully saturated rings. The highest BCUT2D eigenvalue weighted by Crippen LogP contribution is 2.33. The summed E-state index contributed by atoms with van der Waals surface area (Å²) in [6.07, 6.45) is -3.06. The Balaban J connectivity index is 1.53. The fraction of sp³-hybridized carbons (Fsp3) is 0.206. The van der Waals surface area contributed by atoms with Crippen LogP contribution in [0.25, 0.3) is 0 Å². The molecule has 1 saturated heterocycles. The molecule has 0 saturated carbocycles. The van der Waals surface area contributed by atoms with Gasteiger partial charge in [0.15, 0.2) is 18.0 Å².